The molecule has 0 N–H and O–H groups in total. The first kappa shape index (κ1) is 17.1. The highest BCUT2D eigenvalue weighted by Crippen LogP contribution is 2.32. The Kier molecular flexibility index (Phi) is 4.25. The Balaban J connectivity index is 1.65. The van der Waals surface area contributed by atoms with E-state index in [0.717, 1.165) is 47.9 Å². The van der Waals surface area contributed by atoms with Gasteiger partial charge in [-0.15, -0.1) is 0 Å². The first-order valence-corrected chi connectivity index (χ1v) is 9.59. The summed E-state index contributed by atoms with van der Waals surface area (Å²) >= 11 is 0. The van der Waals surface area contributed by atoms with Gasteiger partial charge in [0.2, 0.25) is 5.91 Å². The van der Waals surface area contributed by atoms with E-state index in [9.17, 15) is 9.59 Å². The van der Waals surface area contributed by atoms with Crippen LogP contribution in [-0.2, 0) is 4.79 Å². The van der Waals surface area contributed by atoms with Crippen molar-refractivity contribution >= 4 is 22.8 Å². The zero-order chi connectivity index (χ0) is 18.4. The molecule has 0 unspecified atom stereocenters. The molecule has 0 aliphatic carbocycles. The van der Waals surface area contributed by atoms with E-state index in [1.807, 2.05) is 35.8 Å². The van der Waals surface area contributed by atoms with Crippen LogP contribution in [-0.4, -0.2) is 47.3 Å². The van der Waals surface area contributed by atoms with Crippen molar-refractivity contribution in [3.63, 3.8) is 0 Å². The molecule has 5 heteroatoms. The maximum absolute atomic E-state index is 13.2. The van der Waals surface area contributed by atoms with Gasteiger partial charge < -0.3 is 14.2 Å². The summed E-state index contributed by atoms with van der Waals surface area (Å²) in [6, 6.07) is 6.11. The molecule has 2 bridgehead atoms. The quantitative estimate of drug-likeness (QED) is 0.847. The second kappa shape index (κ2) is 6.45. The highest BCUT2D eigenvalue weighted by molar-refractivity contribution is 5.99. The average molecular weight is 354 g/mol. The molecule has 1 aromatic carbocycles. The molecule has 5 nitrogen and oxygen atoms in total. The van der Waals surface area contributed by atoms with Crippen molar-refractivity contribution in [2.45, 2.75) is 46.1 Å². The molecule has 0 radical (unpaired) electrons. The molecule has 3 aliphatic rings. The summed E-state index contributed by atoms with van der Waals surface area (Å²) in [5, 5.41) is 0.995. The molecule has 2 amide bonds. The van der Waals surface area contributed by atoms with Crippen molar-refractivity contribution in [1.82, 2.24) is 9.80 Å². The highest BCUT2D eigenvalue weighted by Gasteiger charge is 2.42. The van der Waals surface area contributed by atoms with Crippen LogP contribution >= 0.6 is 0 Å². The standard InChI is InChI=1S/C21H26N2O3/c1-4-9-23-16-7-6-15(20(23)24)11-22(12-16)21(25)19-14(3)17-10-13(2)5-8-18(17)26-19/h5,8,10,15-16H,4,6-7,9,11-12H2,1-3H3/t15-,16+/m0/s1. The van der Waals surface area contributed by atoms with Crippen molar-refractivity contribution in [3.8, 4) is 0 Å². The fraction of sp³-hybridized carbons (Fsp3) is 0.524. The van der Waals surface area contributed by atoms with E-state index >= 15 is 0 Å². The fourth-order valence-corrected chi connectivity index (χ4v) is 4.42. The molecule has 3 fully saturated rings. The lowest BCUT2D eigenvalue weighted by molar-refractivity contribution is -0.139. The number of benzene rings is 1. The maximum Gasteiger partial charge on any atom is 0.289 e. The van der Waals surface area contributed by atoms with Gasteiger partial charge in [-0.05, 0) is 45.2 Å². The molecule has 3 saturated heterocycles. The first-order chi connectivity index (χ1) is 12.5. The Bertz CT molecular complexity index is 870. The average Bonchev–Trinajstić information content (AvgIpc) is 2.77. The van der Waals surface area contributed by atoms with Crippen LogP contribution in [0.2, 0.25) is 0 Å². The number of furan rings is 1. The van der Waals surface area contributed by atoms with Crippen LogP contribution in [0.1, 0.15) is 47.9 Å². The lowest BCUT2D eigenvalue weighted by Gasteiger charge is -2.35. The van der Waals surface area contributed by atoms with Gasteiger partial charge in [0.1, 0.15) is 5.58 Å². The van der Waals surface area contributed by atoms with Crippen LogP contribution in [0.4, 0.5) is 0 Å². The molecule has 1 aromatic heterocycles. The van der Waals surface area contributed by atoms with E-state index in [0.29, 0.717) is 18.8 Å². The van der Waals surface area contributed by atoms with E-state index < -0.39 is 0 Å². The van der Waals surface area contributed by atoms with E-state index in [2.05, 4.69) is 13.0 Å². The van der Waals surface area contributed by atoms with Gasteiger partial charge in [-0.2, -0.15) is 0 Å². The number of carbonyl (C=O) groups excluding carboxylic acids is 2. The molecule has 2 aromatic rings. The second-order valence-corrected chi connectivity index (χ2v) is 7.73. The molecule has 0 spiro atoms. The van der Waals surface area contributed by atoms with Crippen molar-refractivity contribution in [1.29, 1.82) is 0 Å². The summed E-state index contributed by atoms with van der Waals surface area (Å²) in [4.78, 5) is 29.8. The smallest absolute Gasteiger partial charge is 0.289 e. The summed E-state index contributed by atoms with van der Waals surface area (Å²) in [7, 11) is 0. The zero-order valence-electron chi connectivity index (χ0n) is 15.7. The third-order valence-electron chi connectivity index (χ3n) is 5.83. The second-order valence-electron chi connectivity index (χ2n) is 7.73. The fourth-order valence-electron chi connectivity index (χ4n) is 4.42. The lowest BCUT2D eigenvalue weighted by atomic mass is 9.94. The highest BCUT2D eigenvalue weighted by atomic mass is 16.3. The van der Waals surface area contributed by atoms with Gasteiger partial charge in [0.05, 0.1) is 5.92 Å². The molecule has 3 aliphatic heterocycles. The van der Waals surface area contributed by atoms with Gasteiger partial charge in [0, 0.05) is 36.6 Å². The molecule has 2 atom stereocenters. The molecule has 0 saturated carbocycles. The number of piperidine rings is 1. The van der Waals surface area contributed by atoms with Crippen molar-refractivity contribution in [2.75, 3.05) is 19.6 Å². The summed E-state index contributed by atoms with van der Waals surface area (Å²) < 4.78 is 5.91. The summed E-state index contributed by atoms with van der Waals surface area (Å²) in [6.07, 6.45) is 2.81. The number of amides is 2. The molecular weight excluding hydrogens is 328 g/mol. The minimum atomic E-state index is -0.0839. The van der Waals surface area contributed by atoms with E-state index in [4.69, 9.17) is 4.42 Å². The number of hydrogen-bond acceptors (Lipinski definition) is 3. The topological polar surface area (TPSA) is 53.8 Å². The van der Waals surface area contributed by atoms with Crippen LogP contribution < -0.4 is 0 Å². The third-order valence-corrected chi connectivity index (χ3v) is 5.83. The number of fused-ring (bicyclic) bond motifs is 5. The largest absolute Gasteiger partial charge is 0.451 e. The Morgan fingerprint density at radius 3 is 2.81 bits per heavy atom. The van der Waals surface area contributed by atoms with Crippen molar-refractivity contribution < 1.29 is 14.0 Å². The van der Waals surface area contributed by atoms with E-state index in [1.165, 1.54) is 0 Å². The third kappa shape index (κ3) is 2.70. The predicted molar refractivity (Wildman–Crippen MR) is 100 cm³/mol. The normalized spacial score (nSPS) is 23.0. The Morgan fingerprint density at radius 2 is 2.04 bits per heavy atom. The van der Waals surface area contributed by atoms with Crippen LogP contribution in [0.25, 0.3) is 11.0 Å². The summed E-state index contributed by atoms with van der Waals surface area (Å²) in [5.74, 6) is 0.479. The van der Waals surface area contributed by atoms with Gasteiger partial charge in [-0.1, -0.05) is 18.6 Å². The Hall–Kier alpha value is -2.30. The molecular formula is C21H26N2O3. The zero-order valence-corrected chi connectivity index (χ0v) is 15.7. The molecule has 26 heavy (non-hydrogen) atoms. The van der Waals surface area contributed by atoms with Crippen LogP contribution in [0, 0.1) is 19.8 Å². The molecule has 4 heterocycles. The first-order valence-electron chi connectivity index (χ1n) is 9.59. The Labute approximate surface area is 153 Å². The summed E-state index contributed by atoms with van der Waals surface area (Å²) in [6.45, 7) is 7.97. The van der Waals surface area contributed by atoms with E-state index in [1.54, 1.807) is 0 Å². The maximum atomic E-state index is 13.2. The van der Waals surface area contributed by atoms with Gasteiger partial charge in [0.15, 0.2) is 5.76 Å². The number of carbonyl (C=O) groups is 2. The molecule has 138 valence electrons. The number of aryl methyl sites for hydroxylation is 2. The minimum absolute atomic E-state index is 0.0730. The van der Waals surface area contributed by atoms with Gasteiger partial charge >= 0.3 is 0 Å². The van der Waals surface area contributed by atoms with E-state index in [-0.39, 0.29) is 23.8 Å². The van der Waals surface area contributed by atoms with Gasteiger partial charge in [0.25, 0.3) is 5.91 Å². The predicted octanol–water partition coefficient (Wildman–Crippen LogP) is 3.52. The lowest BCUT2D eigenvalue weighted by Crippen LogP contribution is -2.48. The minimum Gasteiger partial charge on any atom is -0.451 e. The Morgan fingerprint density at radius 1 is 1.23 bits per heavy atom. The number of rotatable bonds is 3. The SMILES string of the molecule is CCCN1C(=O)[C@H]2CC[C@@H]1CN(C(=O)c1oc3ccc(C)cc3c1C)C2. The van der Waals surface area contributed by atoms with Crippen molar-refractivity contribution in [3.05, 3.63) is 35.1 Å². The van der Waals surface area contributed by atoms with Crippen LogP contribution in [0.5, 0.6) is 0 Å². The van der Waals surface area contributed by atoms with Crippen LogP contribution in [0.15, 0.2) is 22.6 Å². The number of hydrogen-bond donors (Lipinski definition) is 0. The molecule has 5 rings (SSSR count). The van der Waals surface area contributed by atoms with Crippen LogP contribution in [0.3, 0.4) is 0 Å². The monoisotopic (exact) mass is 354 g/mol. The summed E-state index contributed by atoms with van der Waals surface area (Å²) in [5.41, 5.74) is 2.79. The van der Waals surface area contributed by atoms with Crippen molar-refractivity contribution in [2.24, 2.45) is 5.92 Å². The van der Waals surface area contributed by atoms with Gasteiger partial charge in [-0.3, -0.25) is 9.59 Å². The number of nitrogens with zero attached hydrogens (tertiary/aromatic N) is 2. The van der Waals surface area contributed by atoms with Gasteiger partial charge in [-0.25, -0.2) is 0 Å².